The maximum atomic E-state index is 9.91. The Morgan fingerprint density at radius 2 is 1.90 bits per heavy atom. The number of phenolic OH excluding ortho intramolecular Hbond substituents is 1. The number of piperazine rings is 1. The smallest absolute Gasteiger partial charge is 0.193 e. The first-order valence-electron chi connectivity index (χ1n) is 7.24. The summed E-state index contributed by atoms with van der Waals surface area (Å²) in [6, 6.07) is 7.52. The van der Waals surface area contributed by atoms with Crippen LogP contribution in [0.15, 0.2) is 29.3 Å². The number of hydrogen-bond donors (Lipinski definition) is 2. The second-order valence-electron chi connectivity index (χ2n) is 4.94. The van der Waals surface area contributed by atoms with E-state index < -0.39 is 0 Å². The van der Waals surface area contributed by atoms with Crippen molar-refractivity contribution in [2.75, 3.05) is 44.7 Å². The van der Waals surface area contributed by atoms with Crippen LogP contribution in [-0.4, -0.2) is 55.7 Å². The first-order valence-corrected chi connectivity index (χ1v) is 7.24. The number of aromatic hydroxyl groups is 1. The van der Waals surface area contributed by atoms with Crippen molar-refractivity contribution in [3.8, 4) is 5.75 Å². The minimum Gasteiger partial charge on any atom is -0.506 e. The van der Waals surface area contributed by atoms with Crippen LogP contribution in [0, 0.1) is 0 Å². The number of benzene rings is 1. The van der Waals surface area contributed by atoms with Gasteiger partial charge in [-0.05, 0) is 18.6 Å². The zero-order chi connectivity index (χ0) is 14.4. The molecular weight excluding hydrogens is 379 g/mol. The van der Waals surface area contributed by atoms with Gasteiger partial charge in [0.25, 0.3) is 0 Å². The lowest BCUT2D eigenvalue weighted by atomic mass is 10.2. The van der Waals surface area contributed by atoms with Gasteiger partial charge in [-0.1, -0.05) is 19.1 Å². The van der Waals surface area contributed by atoms with E-state index in [9.17, 15) is 5.11 Å². The van der Waals surface area contributed by atoms with Gasteiger partial charge in [0.05, 0.1) is 5.69 Å². The zero-order valence-corrected chi connectivity index (χ0v) is 15.1. The molecule has 0 bridgehead atoms. The Bertz CT molecular complexity index is 459. The quantitative estimate of drug-likeness (QED) is 0.461. The van der Waals surface area contributed by atoms with Gasteiger partial charge in [-0.2, -0.15) is 0 Å². The van der Waals surface area contributed by atoms with Crippen molar-refractivity contribution in [1.29, 1.82) is 0 Å². The summed E-state index contributed by atoms with van der Waals surface area (Å²) in [6.07, 6.45) is 1.09. The molecule has 1 aromatic carbocycles. The van der Waals surface area contributed by atoms with Crippen molar-refractivity contribution in [1.82, 2.24) is 10.2 Å². The van der Waals surface area contributed by atoms with E-state index in [1.165, 1.54) is 0 Å². The standard InChI is InChI=1S/C15H24N4O.HI/c1-3-8-17-15(16-2)19-11-9-18(10-12-19)13-6-4-5-7-14(13)20;/h4-7,20H,3,8-12H2,1-2H3,(H,16,17);1H. The lowest BCUT2D eigenvalue weighted by Gasteiger charge is -2.37. The molecule has 0 radical (unpaired) electrons. The molecule has 2 rings (SSSR count). The van der Waals surface area contributed by atoms with E-state index in [0.717, 1.165) is 50.8 Å². The van der Waals surface area contributed by atoms with Crippen LogP contribution < -0.4 is 10.2 Å². The summed E-state index contributed by atoms with van der Waals surface area (Å²) in [6.45, 7) is 6.72. The van der Waals surface area contributed by atoms with E-state index in [1.807, 2.05) is 25.2 Å². The molecule has 5 nitrogen and oxygen atoms in total. The first-order chi connectivity index (χ1) is 9.76. The second kappa shape index (κ2) is 8.96. The van der Waals surface area contributed by atoms with Crippen LogP contribution in [0.4, 0.5) is 5.69 Å². The Hall–Kier alpha value is -1.18. The number of anilines is 1. The maximum Gasteiger partial charge on any atom is 0.193 e. The van der Waals surface area contributed by atoms with Crippen molar-refractivity contribution in [3.05, 3.63) is 24.3 Å². The number of rotatable bonds is 3. The van der Waals surface area contributed by atoms with Gasteiger partial charge in [-0.15, -0.1) is 24.0 Å². The molecule has 1 saturated heterocycles. The molecule has 21 heavy (non-hydrogen) atoms. The summed E-state index contributed by atoms with van der Waals surface area (Å²) in [4.78, 5) is 8.82. The summed E-state index contributed by atoms with van der Waals surface area (Å²) >= 11 is 0. The Kier molecular flexibility index (Phi) is 7.63. The molecule has 118 valence electrons. The highest BCUT2D eigenvalue weighted by Gasteiger charge is 2.20. The number of nitrogens with one attached hydrogen (secondary N) is 1. The Morgan fingerprint density at radius 3 is 2.48 bits per heavy atom. The van der Waals surface area contributed by atoms with Crippen LogP contribution >= 0.6 is 24.0 Å². The molecule has 1 aromatic rings. The first kappa shape index (κ1) is 17.9. The van der Waals surface area contributed by atoms with E-state index >= 15 is 0 Å². The third kappa shape index (κ3) is 4.66. The molecule has 1 aliphatic heterocycles. The molecule has 0 spiro atoms. The van der Waals surface area contributed by atoms with Crippen molar-refractivity contribution >= 4 is 35.6 Å². The number of para-hydroxylation sites is 2. The van der Waals surface area contributed by atoms with Crippen LogP contribution in [0.3, 0.4) is 0 Å². The molecule has 0 amide bonds. The van der Waals surface area contributed by atoms with E-state index in [-0.39, 0.29) is 24.0 Å². The summed E-state index contributed by atoms with van der Waals surface area (Å²) in [7, 11) is 1.83. The second-order valence-corrected chi connectivity index (χ2v) is 4.94. The Morgan fingerprint density at radius 1 is 1.24 bits per heavy atom. The summed E-state index contributed by atoms with van der Waals surface area (Å²) < 4.78 is 0. The molecule has 0 unspecified atom stereocenters. The molecule has 0 aliphatic carbocycles. The third-order valence-electron chi connectivity index (χ3n) is 3.55. The summed E-state index contributed by atoms with van der Waals surface area (Å²) in [5, 5.41) is 13.3. The van der Waals surface area contributed by atoms with Crippen LogP contribution in [0.25, 0.3) is 0 Å². The van der Waals surface area contributed by atoms with E-state index in [2.05, 4.69) is 27.0 Å². The largest absolute Gasteiger partial charge is 0.506 e. The topological polar surface area (TPSA) is 51.1 Å². The van der Waals surface area contributed by atoms with Crippen LogP contribution in [-0.2, 0) is 0 Å². The number of phenols is 1. The van der Waals surface area contributed by atoms with Gasteiger partial charge in [0, 0.05) is 39.8 Å². The molecular formula is C15H25IN4O. The van der Waals surface area contributed by atoms with Gasteiger partial charge in [0.2, 0.25) is 0 Å². The molecule has 1 heterocycles. The maximum absolute atomic E-state index is 9.91. The molecule has 1 aliphatic rings. The SMILES string of the molecule is CCCNC(=NC)N1CCN(c2ccccc2O)CC1.I. The molecule has 0 atom stereocenters. The Labute approximate surface area is 144 Å². The third-order valence-corrected chi connectivity index (χ3v) is 3.55. The summed E-state index contributed by atoms with van der Waals surface area (Å²) in [5.41, 5.74) is 0.920. The van der Waals surface area contributed by atoms with Crippen molar-refractivity contribution in [3.63, 3.8) is 0 Å². The Balaban J connectivity index is 0.00000220. The predicted octanol–water partition coefficient (Wildman–Crippen LogP) is 2.12. The van der Waals surface area contributed by atoms with E-state index in [1.54, 1.807) is 6.07 Å². The molecule has 1 fully saturated rings. The molecule has 0 saturated carbocycles. The van der Waals surface area contributed by atoms with Crippen molar-refractivity contribution in [2.45, 2.75) is 13.3 Å². The van der Waals surface area contributed by atoms with Crippen LogP contribution in [0.5, 0.6) is 5.75 Å². The van der Waals surface area contributed by atoms with E-state index in [4.69, 9.17) is 0 Å². The van der Waals surface area contributed by atoms with E-state index in [0.29, 0.717) is 5.75 Å². The number of hydrogen-bond acceptors (Lipinski definition) is 3. The van der Waals surface area contributed by atoms with Gasteiger partial charge in [-0.25, -0.2) is 0 Å². The molecule has 6 heteroatoms. The monoisotopic (exact) mass is 404 g/mol. The van der Waals surface area contributed by atoms with Crippen LogP contribution in [0.2, 0.25) is 0 Å². The minimum absolute atomic E-state index is 0. The zero-order valence-electron chi connectivity index (χ0n) is 12.7. The lowest BCUT2D eigenvalue weighted by Crippen LogP contribution is -2.52. The van der Waals surface area contributed by atoms with Gasteiger partial charge >= 0.3 is 0 Å². The van der Waals surface area contributed by atoms with Gasteiger partial charge < -0.3 is 20.2 Å². The summed E-state index contributed by atoms with van der Waals surface area (Å²) in [5.74, 6) is 1.33. The average Bonchev–Trinajstić information content (AvgIpc) is 2.49. The fourth-order valence-corrected chi connectivity index (χ4v) is 2.46. The molecule has 2 N–H and O–H groups in total. The highest BCUT2D eigenvalue weighted by Crippen LogP contribution is 2.27. The highest BCUT2D eigenvalue weighted by atomic mass is 127. The fraction of sp³-hybridized carbons (Fsp3) is 0.533. The van der Waals surface area contributed by atoms with Gasteiger partial charge in [0.15, 0.2) is 5.96 Å². The normalized spacial score (nSPS) is 15.6. The number of nitrogens with zero attached hydrogens (tertiary/aromatic N) is 3. The van der Waals surface area contributed by atoms with Crippen molar-refractivity contribution < 1.29 is 5.11 Å². The molecule has 0 aromatic heterocycles. The number of aliphatic imine (C=N–C) groups is 1. The average molecular weight is 404 g/mol. The van der Waals surface area contributed by atoms with Gasteiger partial charge in [0.1, 0.15) is 5.75 Å². The van der Waals surface area contributed by atoms with Crippen molar-refractivity contribution in [2.24, 2.45) is 4.99 Å². The predicted molar refractivity (Wildman–Crippen MR) is 99.0 cm³/mol. The van der Waals surface area contributed by atoms with Gasteiger partial charge in [-0.3, -0.25) is 4.99 Å². The highest BCUT2D eigenvalue weighted by molar-refractivity contribution is 14.0. The number of halogens is 1. The van der Waals surface area contributed by atoms with Crippen LogP contribution in [0.1, 0.15) is 13.3 Å². The fourth-order valence-electron chi connectivity index (χ4n) is 2.46. The number of guanidine groups is 1. The lowest BCUT2D eigenvalue weighted by molar-refractivity contribution is 0.370. The minimum atomic E-state index is 0.